The van der Waals surface area contributed by atoms with Gasteiger partial charge in [0.25, 0.3) is 0 Å². The molecule has 0 unspecified atom stereocenters. The minimum atomic E-state index is -0.172. The molecule has 1 fully saturated rings. The highest BCUT2D eigenvalue weighted by atomic mass is 127. The quantitative estimate of drug-likeness (QED) is 0.432. The number of benzene rings is 1. The number of hydrogen-bond donors (Lipinski definition) is 2. The molecule has 0 bridgehead atoms. The average molecular weight is 423 g/mol. The van der Waals surface area contributed by atoms with Gasteiger partial charge in [0.15, 0.2) is 5.96 Å². The van der Waals surface area contributed by atoms with Crippen molar-refractivity contribution in [1.82, 2.24) is 10.6 Å². The number of thioether (sulfide) groups is 1. The third-order valence-corrected chi connectivity index (χ3v) is 4.18. The molecule has 1 aliphatic rings. The molecule has 6 heteroatoms. The van der Waals surface area contributed by atoms with E-state index >= 15 is 0 Å². The van der Waals surface area contributed by atoms with Crippen LogP contribution in [0, 0.1) is 5.82 Å². The molecule has 0 aromatic heterocycles. The van der Waals surface area contributed by atoms with Crippen molar-refractivity contribution in [3.63, 3.8) is 0 Å². The lowest BCUT2D eigenvalue weighted by Crippen LogP contribution is -2.46. The molecule has 21 heavy (non-hydrogen) atoms. The van der Waals surface area contributed by atoms with Gasteiger partial charge in [0, 0.05) is 25.4 Å². The van der Waals surface area contributed by atoms with Gasteiger partial charge in [0.05, 0.1) is 0 Å². The van der Waals surface area contributed by atoms with Crippen LogP contribution in [0.15, 0.2) is 23.2 Å². The second kappa shape index (κ2) is 9.50. The first-order valence-corrected chi connectivity index (χ1v) is 8.35. The largest absolute Gasteiger partial charge is 0.354 e. The van der Waals surface area contributed by atoms with Crippen molar-refractivity contribution in [1.29, 1.82) is 0 Å². The first-order valence-electron chi connectivity index (χ1n) is 6.96. The number of halogens is 2. The number of nitrogens with one attached hydrogen (secondary N) is 2. The summed E-state index contributed by atoms with van der Waals surface area (Å²) in [7, 11) is 1.78. The van der Waals surface area contributed by atoms with Crippen LogP contribution in [0.4, 0.5) is 4.39 Å². The van der Waals surface area contributed by atoms with Gasteiger partial charge in [-0.25, -0.2) is 4.39 Å². The maximum absolute atomic E-state index is 13.3. The van der Waals surface area contributed by atoms with Crippen molar-refractivity contribution in [2.75, 3.05) is 13.3 Å². The fraction of sp³-hybridized carbons (Fsp3) is 0.533. The van der Waals surface area contributed by atoms with Gasteiger partial charge in [0.2, 0.25) is 0 Å². The molecule has 1 aliphatic carbocycles. The maximum atomic E-state index is 13.3. The molecule has 118 valence electrons. The summed E-state index contributed by atoms with van der Waals surface area (Å²) >= 11 is 1.70. The van der Waals surface area contributed by atoms with E-state index in [4.69, 9.17) is 0 Å². The van der Waals surface area contributed by atoms with Gasteiger partial charge < -0.3 is 10.6 Å². The van der Waals surface area contributed by atoms with E-state index in [-0.39, 0.29) is 29.8 Å². The summed E-state index contributed by atoms with van der Waals surface area (Å²) in [5, 5.41) is 6.71. The third-order valence-electron chi connectivity index (χ3n) is 3.58. The Balaban J connectivity index is 0.00000220. The van der Waals surface area contributed by atoms with Gasteiger partial charge in [-0.05, 0) is 48.8 Å². The lowest BCUT2D eigenvalue weighted by Gasteiger charge is -2.28. The van der Waals surface area contributed by atoms with Crippen LogP contribution >= 0.6 is 35.7 Å². The molecule has 2 N–H and O–H groups in total. The predicted molar refractivity (Wildman–Crippen MR) is 100 cm³/mol. The summed E-state index contributed by atoms with van der Waals surface area (Å²) in [5.41, 5.74) is 2.17. The van der Waals surface area contributed by atoms with Gasteiger partial charge in [-0.15, -0.1) is 24.0 Å². The molecule has 0 aliphatic heterocycles. The lowest BCUT2D eigenvalue weighted by atomic mass is 9.93. The zero-order valence-electron chi connectivity index (χ0n) is 12.5. The van der Waals surface area contributed by atoms with Crippen LogP contribution in [0.25, 0.3) is 0 Å². The van der Waals surface area contributed by atoms with Gasteiger partial charge in [-0.3, -0.25) is 4.99 Å². The van der Waals surface area contributed by atoms with Crippen LogP contribution in [0.5, 0.6) is 0 Å². The normalized spacial score (nSPS) is 15.1. The minimum Gasteiger partial charge on any atom is -0.354 e. The van der Waals surface area contributed by atoms with Crippen LogP contribution in [-0.4, -0.2) is 25.3 Å². The van der Waals surface area contributed by atoms with Gasteiger partial charge in [-0.1, -0.05) is 6.07 Å². The zero-order chi connectivity index (χ0) is 14.4. The number of aliphatic imine (C=N–C) groups is 1. The molecule has 0 atom stereocenters. The molecule has 3 nitrogen and oxygen atoms in total. The molecular weight excluding hydrogens is 400 g/mol. The summed E-state index contributed by atoms with van der Waals surface area (Å²) in [6, 6.07) is 5.54. The Morgan fingerprint density at radius 1 is 1.38 bits per heavy atom. The van der Waals surface area contributed by atoms with Crippen molar-refractivity contribution < 1.29 is 4.39 Å². The Morgan fingerprint density at radius 2 is 2.14 bits per heavy atom. The lowest BCUT2D eigenvalue weighted by molar-refractivity contribution is 0.380. The maximum Gasteiger partial charge on any atom is 0.191 e. The summed E-state index contributed by atoms with van der Waals surface area (Å²) in [6.45, 7) is 0.669. The molecule has 0 amide bonds. The van der Waals surface area contributed by atoms with Crippen molar-refractivity contribution in [2.24, 2.45) is 4.99 Å². The molecule has 0 spiro atoms. The topological polar surface area (TPSA) is 36.4 Å². The van der Waals surface area contributed by atoms with E-state index in [2.05, 4.69) is 15.6 Å². The monoisotopic (exact) mass is 423 g/mol. The van der Waals surface area contributed by atoms with Crippen LogP contribution < -0.4 is 10.6 Å². The van der Waals surface area contributed by atoms with Gasteiger partial charge in [0.1, 0.15) is 5.82 Å². The third kappa shape index (κ3) is 5.65. The molecule has 1 saturated carbocycles. The van der Waals surface area contributed by atoms with Crippen LogP contribution in [-0.2, 0) is 12.3 Å². The number of guanidine groups is 1. The average Bonchev–Trinajstić information content (AvgIpc) is 2.39. The molecule has 0 radical (unpaired) electrons. The highest BCUT2D eigenvalue weighted by molar-refractivity contribution is 14.0. The summed E-state index contributed by atoms with van der Waals surface area (Å²) in [5.74, 6) is 1.48. The van der Waals surface area contributed by atoms with Crippen molar-refractivity contribution >= 4 is 41.7 Å². The molecule has 2 rings (SSSR count). The van der Waals surface area contributed by atoms with E-state index in [0.29, 0.717) is 12.6 Å². The van der Waals surface area contributed by atoms with Crippen LogP contribution in [0.1, 0.15) is 30.4 Å². The smallest absolute Gasteiger partial charge is 0.191 e. The fourth-order valence-corrected chi connectivity index (χ4v) is 2.76. The molecule has 1 aromatic rings. The molecule has 0 heterocycles. The van der Waals surface area contributed by atoms with E-state index in [1.807, 2.05) is 12.3 Å². The van der Waals surface area contributed by atoms with E-state index in [0.717, 1.165) is 22.8 Å². The van der Waals surface area contributed by atoms with Crippen LogP contribution in [0.3, 0.4) is 0 Å². The molecule has 1 aromatic carbocycles. The van der Waals surface area contributed by atoms with E-state index in [1.54, 1.807) is 24.9 Å². The summed E-state index contributed by atoms with van der Waals surface area (Å²) in [6.07, 6.45) is 5.76. The van der Waals surface area contributed by atoms with E-state index < -0.39 is 0 Å². The van der Waals surface area contributed by atoms with E-state index in [9.17, 15) is 4.39 Å². The predicted octanol–water partition coefficient (Wildman–Crippen LogP) is 3.52. The Hall–Kier alpha value is -0.500. The number of rotatable bonds is 5. The van der Waals surface area contributed by atoms with Gasteiger partial charge >= 0.3 is 0 Å². The highest BCUT2D eigenvalue weighted by Crippen LogP contribution is 2.18. The summed E-state index contributed by atoms with van der Waals surface area (Å²) < 4.78 is 13.3. The zero-order valence-corrected chi connectivity index (χ0v) is 15.6. The van der Waals surface area contributed by atoms with Crippen LogP contribution in [0.2, 0.25) is 0 Å². The molecule has 0 saturated heterocycles. The van der Waals surface area contributed by atoms with Crippen molar-refractivity contribution in [2.45, 2.75) is 37.6 Å². The number of hydrogen-bond acceptors (Lipinski definition) is 2. The Labute approximate surface area is 147 Å². The Bertz CT molecular complexity index is 478. The SMILES string of the molecule is CN=C(NCc1ccc(F)cc1CSC)NC1CCC1.I. The second-order valence-corrected chi connectivity index (χ2v) is 5.91. The minimum absolute atomic E-state index is 0. The van der Waals surface area contributed by atoms with E-state index in [1.165, 1.54) is 25.3 Å². The fourth-order valence-electron chi connectivity index (χ4n) is 2.18. The Kier molecular flexibility index (Phi) is 8.39. The standard InChI is InChI=1S/C15H22FN3S.HI/c1-17-15(19-14-4-3-5-14)18-9-11-6-7-13(16)8-12(11)10-20-2;/h6-8,14H,3-5,9-10H2,1-2H3,(H2,17,18,19);1H. The number of nitrogens with zero attached hydrogens (tertiary/aromatic N) is 1. The summed E-state index contributed by atoms with van der Waals surface area (Å²) in [4.78, 5) is 4.23. The van der Waals surface area contributed by atoms with Crippen molar-refractivity contribution in [3.05, 3.63) is 35.1 Å². The second-order valence-electron chi connectivity index (χ2n) is 5.04. The highest BCUT2D eigenvalue weighted by Gasteiger charge is 2.18. The van der Waals surface area contributed by atoms with Crippen molar-refractivity contribution in [3.8, 4) is 0 Å². The Morgan fingerprint density at radius 3 is 2.71 bits per heavy atom. The first-order chi connectivity index (χ1) is 9.72. The molecular formula is C15H23FIN3S. The van der Waals surface area contributed by atoms with Gasteiger partial charge in [-0.2, -0.15) is 11.8 Å². The first kappa shape index (κ1) is 18.5.